The van der Waals surface area contributed by atoms with E-state index in [0.717, 1.165) is 17.1 Å². The van der Waals surface area contributed by atoms with Gasteiger partial charge in [0.05, 0.1) is 0 Å². The van der Waals surface area contributed by atoms with Crippen LogP contribution in [0.1, 0.15) is 43.4 Å². The molecule has 1 aliphatic rings. The lowest BCUT2D eigenvalue weighted by Crippen LogP contribution is -2.43. The third-order valence-electron chi connectivity index (χ3n) is 4.06. The Labute approximate surface area is 115 Å². The molecule has 1 aromatic rings. The Morgan fingerprint density at radius 3 is 2.83 bits per heavy atom. The summed E-state index contributed by atoms with van der Waals surface area (Å²) in [5.74, 6) is 0. The predicted molar refractivity (Wildman–Crippen MR) is 78.0 cm³/mol. The summed E-state index contributed by atoms with van der Waals surface area (Å²) < 4.78 is 0. The summed E-state index contributed by atoms with van der Waals surface area (Å²) in [5, 5.41) is 0.843. The zero-order chi connectivity index (χ0) is 13.1. The van der Waals surface area contributed by atoms with Crippen molar-refractivity contribution in [2.75, 3.05) is 13.1 Å². The fraction of sp³-hybridized carbons (Fsp3) is 0.600. The number of halogens is 1. The SMILES string of the molecule is Cc1ccc(C(CN)N2CCCCC2C)cc1Cl. The molecule has 1 heterocycles. The van der Waals surface area contributed by atoms with Crippen molar-refractivity contribution in [1.29, 1.82) is 0 Å². The number of piperidine rings is 1. The molecule has 18 heavy (non-hydrogen) atoms. The number of aryl methyl sites for hydroxylation is 1. The van der Waals surface area contributed by atoms with E-state index < -0.39 is 0 Å². The average Bonchev–Trinajstić information content (AvgIpc) is 2.37. The van der Waals surface area contributed by atoms with E-state index in [0.29, 0.717) is 18.6 Å². The van der Waals surface area contributed by atoms with E-state index in [1.165, 1.54) is 24.8 Å². The maximum atomic E-state index is 6.23. The lowest BCUT2D eigenvalue weighted by atomic mass is 9.96. The summed E-state index contributed by atoms with van der Waals surface area (Å²) in [6, 6.07) is 7.26. The lowest BCUT2D eigenvalue weighted by Gasteiger charge is -2.39. The summed E-state index contributed by atoms with van der Waals surface area (Å²) in [7, 11) is 0. The molecule has 0 amide bonds. The minimum absolute atomic E-state index is 0.304. The van der Waals surface area contributed by atoms with Gasteiger partial charge in [-0.05, 0) is 50.4 Å². The van der Waals surface area contributed by atoms with E-state index in [4.69, 9.17) is 17.3 Å². The van der Waals surface area contributed by atoms with Crippen LogP contribution in [0.4, 0.5) is 0 Å². The van der Waals surface area contributed by atoms with Crippen LogP contribution in [-0.2, 0) is 0 Å². The Morgan fingerprint density at radius 2 is 2.22 bits per heavy atom. The van der Waals surface area contributed by atoms with Crippen LogP contribution in [-0.4, -0.2) is 24.0 Å². The number of nitrogens with two attached hydrogens (primary N) is 1. The number of nitrogens with zero attached hydrogens (tertiary/aromatic N) is 1. The van der Waals surface area contributed by atoms with E-state index in [9.17, 15) is 0 Å². The van der Waals surface area contributed by atoms with Crippen molar-refractivity contribution in [3.05, 3.63) is 34.3 Å². The maximum absolute atomic E-state index is 6.23. The number of rotatable bonds is 3. The maximum Gasteiger partial charge on any atom is 0.0473 e. The molecule has 2 atom stereocenters. The molecule has 2 unspecified atom stereocenters. The quantitative estimate of drug-likeness (QED) is 0.907. The lowest BCUT2D eigenvalue weighted by molar-refractivity contribution is 0.109. The third kappa shape index (κ3) is 2.87. The van der Waals surface area contributed by atoms with Gasteiger partial charge < -0.3 is 5.73 Å². The average molecular weight is 267 g/mol. The van der Waals surface area contributed by atoms with Gasteiger partial charge >= 0.3 is 0 Å². The molecule has 100 valence electrons. The molecule has 0 aromatic heterocycles. The topological polar surface area (TPSA) is 29.3 Å². The molecule has 0 bridgehead atoms. The monoisotopic (exact) mass is 266 g/mol. The minimum Gasteiger partial charge on any atom is -0.329 e. The van der Waals surface area contributed by atoms with Crippen molar-refractivity contribution in [3.8, 4) is 0 Å². The number of likely N-dealkylation sites (tertiary alicyclic amines) is 1. The molecule has 1 aromatic carbocycles. The molecule has 1 aliphatic heterocycles. The Balaban J connectivity index is 2.23. The van der Waals surface area contributed by atoms with Crippen LogP contribution < -0.4 is 5.73 Å². The van der Waals surface area contributed by atoms with Crippen molar-refractivity contribution in [1.82, 2.24) is 4.90 Å². The molecule has 0 aliphatic carbocycles. The second kappa shape index (κ2) is 6.05. The normalized spacial score (nSPS) is 23.0. The van der Waals surface area contributed by atoms with Crippen LogP contribution in [0, 0.1) is 6.92 Å². The molecular weight excluding hydrogens is 244 g/mol. The molecule has 1 saturated heterocycles. The highest BCUT2D eigenvalue weighted by molar-refractivity contribution is 6.31. The molecule has 1 fully saturated rings. The van der Waals surface area contributed by atoms with Gasteiger partial charge in [0.15, 0.2) is 0 Å². The van der Waals surface area contributed by atoms with Crippen LogP contribution in [0.5, 0.6) is 0 Å². The van der Waals surface area contributed by atoms with E-state index >= 15 is 0 Å². The third-order valence-corrected chi connectivity index (χ3v) is 4.47. The second-order valence-corrected chi connectivity index (χ2v) is 5.75. The first-order valence-corrected chi connectivity index (χ1v) is 7.23. The van der Waals surface area contributed by atoms with Gasteiger partial charge in [0.2, 0.25) is 0 Å². The van der Waals surface area contributed by atoms with Gasteiger partial charge in [-0.2, -0.15) is 0 Å². The predicted octanol–water partition coefficient (Wildman–Crippen LogP) is 3.52. The summed E-state index contributed by atoms with van der Waals surface area (Å²) in [6.45, 7) is 6.14. The fourth-order valence-corrected chi connectivity index (χ4v) is 3.05. The van der Waals surface area contributed by atoms with Crippen molar-refractivity contribution in [2.24, 2.45) is 5.73 Å². The van der Waals surface area contributed by atoms with Gasteiger partial charge in [0.25, 0.3) is 0 Å². The second-order valence-electron chi connectivity index (χ2n) is 5.34. The highest BCUT2D eigenvalue weighted by Crippen LogP contribution is 2.30. The first-order chi connectivity index (χ1) is 8.63. The smallest absolute Gasteiger partial charge is 0.0473 e. The molecule has 3 heteroatoms. The Morgan fingerprint density at radius 1 is 1.44 bits per heavy atom. The van der Waals surface area contributed by atoms with Crippen LogP contribution in [0.25, 0.3) is 0 Å². The van der Waals surface area contributed by atoms with E-state index in [2.05, 4.69) is 30.0 Å². The summed E-state index contributed by atoms with van der Waals surface area (Å²) in [6.07, 6.45) is 3.89. The van der Waals surface area contributed by atoms with Gasteiger partial charge in [-0.15, -0.1) is 0 Å². The van der Waals surface area contributed by atoms with Gasteiger partial charge in [0.1, 0.15) is 0 Å². The van der Waals surface area contributed by atoms with Crippen molar-refractivity contribution < 1.29 is 0 Å². The first kappa shape index (κ1) is 13.9. The number of benzene rings is 1. The summed E-state index contributed by atoms with van der Waals surface area (Å²) >= 11 is 6.23. The standard InChI is InChI=1S/C15H23ClN2/c1-11-6-7-13(9-14(11)16)15(10-17)18-8-4-3-5-12(18)2/h6-7,9,12,15H,3-5,8,10,17H2,1-2H3. The first-order valence-electron chi connectivity index (χ1n) is 6.85. The van der Waals surface area contributed by atoms with E-state index in [1.807, 2.05) is 6.92 Å². The highest BCUT2D eigenvalue weighted by Gasteiger charge is 2.26. The molecule has 0 spiro atoms. The zero-order valence-corrected chi connectivity index (χ0v) is 12.1. The van der Waals surface area contributed by atoms with Gasteiger partial charge in [-0.1, -0.05) is 30.2 Å². The molecule has 2 nitrogen and oxygen atoms in total. The van der Waals surface area contributed by atoms with Crippen LogP contribution >= 0.6 is 11.6 Å². The fourth-order valence-electron chi connectivity index (χ4n) is 2.86. The van der Waals surface area contributed by atoms with Gasteiger partial charge in [0, 0.05) is 23.7 Å². The summed E-state index contributed by atoms with van der Waals surface area (Å²) in [5.41, 5.74) is 8.38. The van der Waals surface area contributed by atoms with Gasteiger partial charge in [-0.25, -0.2) is 0 Å². The zero-order valence-electron chi connectivity index (χ0n) is 11.3. The molecule has 0 saturated carbocycles. The van der Waals surface area contributed by atoms with E-state index in [-0.39, 0.29) is 0 Å². The number of hydrogen-bond acceptors (Lipinski definition) is 2. The Kier molecular flexibility index (Phi) is 4.66. The Hall–Kier alpha value is -0.570. The van der Waals surface area contributed by atoms with Crippen LogP contribution in [0.3, 0.4) is 0 Å². The molecular formula is C15H23ClN2. The molecule has 2 rings (SSSR count). The van der Waals surface area contributed by atoms with Crippen LogP contribution in [0.2, 0.25) is 5.02 Å². The highest BCUT2D eigenvalue weighted by atomic mass is 35.5. The van der Waals surface area contributed by atoms with Crippen molar-refractivity contribution in [2.45, 2.75) is 45.2 Å². The molecule has 2 N–H and O–H groups in total. The Bertz CT molecular complexity index is 405. The van der Waals surface area contributed by atoms with Crippen molar-refractivity contribution >= 4 is 11.6 Å². The largest absolute Gasteiger partial charge is 0.329 e. The minimum atomic E-state index is 0.304. The van der Waals surface area contributed by atoms with E-state index in [1.54, 1.807) is 0 Å². The van der Waals surface area contributed by atoms with Gasteiger partial charge in [-0.3, -0.25) is 4.90 Å². The number of hydrogen-bond donors (Lipinski definition) is 1. The summed E-state index contributed by atoms with van der Waals surface area (Å²) in [4.78, 5) is 2.53. The van der Waals surface area contributed by atoms with Crippen molar-refractivity contribution in [3.63, 3.8) is 0 Å². The molecule has 0 radical (unpaired) electrons. The van der Waals surface area contributed by atoms with Crippen LogP contribution in [0.15, 0.2) is 18.2 Å².